The van der Waals surface area contributed by atoms with Gasteiger partial charge in [0, 0.05) is 11.3 Å². The van der Waals surface area contributed by atoms with Crippen LogP contribution in [0.15, 0.2) is 48.5 Å². The minimum atomic E-state index is -0.177. The van der Waals surface area contributed by atoms with Gasteiger partial charge in [0.15, 0.2) is 0 Å². The van der Waals surface area contributed by atoms with Crippen molar-refractivity contribution in [2.24, 2.45) is 0 Å². The van der Waals surface area contributed by atoms with Crippen molar-refractivity contribution in [3.8, 4) is 11.4 Å². The second-order valence-corrected chi connectivity index (χ2v) is 5.57. The summed E-state index contributed by atoms with van der Waals surface area (Å²) < 4.78 is 0. The van der Waals surface area contributed by atoms with Gasteiger partial charge in [-0.25, -0.2) is 0 Å². The number of carbonyl (C=O) groups is 1. The number of aryl methyl sites for hydroxylation is 2. The smallest absolute Gasteiger partial charge is 0.248 e. The van der Waals surface area contributed by atoms with E-state index in [1.807, 2.05) is 55.5 Å². The largest absolute Gasteiger partial charge is 0.324 e. The molecule has 0 unspecified atom stereocenters. The summed E-state index contributed by atoms with van der Waals surface area (Å²) in [5, 5.41) is 15.1. The Morgan fingerprint density at radius 1 is 1.12 bits per heavy atom. The van der Waals surface area contributed by atoms with E-state index in [9.17, 15) is 4.79 Å². The van der Waals surface area contributed by atoms with Gasteiger partial charge in [-0.1, -0.05) is 55.0 Å². The summed E-state index contributed by atoms with van der Waals surface area (Å²) in [6, 6.07) is 15.6. The number of nitrogens with one attached hydrogen (secondary N) is 1. The van der Waals surface area contributed by atoms with Crippen LogP contribution in [0, 0.1) is 6.92 Å². The zero-order valence-corrected chi connectivity index (χ0v) is 13.7. The maximum atomic E-state index is 12.2. The molecule has 0 aliphatic carbocycles. The third-order valence-electron chi connectivity index (χ3n) is 3.72. The molecule has 0 saturated heterocycles. The second kappa shape index (κ2) is 7.04. The van der Waals surface area contributed by atoms with E-state index >= 15 is 0 Å². The minimum Gasteiger partial charge on any atom is -0.324 e. The molecule has 3 aromatic rings. The maximum absolute atomic E-state index is 12.2. The van der Waals surface area contributed by atoms with E-state index in [1.165, 1.54) is 10.4 Å². The van der Waals surface area contributed by atoms with Gasteiger partial charge in [-0.15, -0.1) is 10.2 Å². The van der Waals surface area contributed by atoms with Gasteiger partial charge in [-0.05, 0) is 30.2 Å². The Morgan fingerprint density at radius 3 is 2.62 bits per heavy atom. The molecule has 0 radical (unpaired) electrons. The van der Waals surface area contributed by atoms with E-state index in [4.69, 9.17) is 0 Å². The van der Waals surface area contributed by atoms with Crippen LogP contribution in [0.3, 0.4) is 0 Å². The Hall–Kier alpha value is -3.02. The fraction of sp³-hybridized carbons (Fsp3) is 0.222. The highest BCUT2D eigenvalue weighted by Crippen LogP contribution is 2.16. The summed E-state index contributed by atoms with van der Waals surface area (Å²) in [6.07, 6.45) is 0.857. The third-order valence-corrected chi connectivity index (χ3v) is 3.72. The molecule has 0 saturated carbocycles. The average molecular weight is 321 g/mol. The molecule has 1 heterocycles. The number of benzene rings is 2. The monoisotopic (exact) mass is 321 g/mol. The van der Waals surface area contributed by atoms with Crippen LogP contribution in [0.1, 0.15) is 18.1 Å². The molecule has 2 aromatic carbocycles. The third kappa shape index (κ3) is 3.65. The molecule has 122 valence electrons. The number of amides is 1. The Morgan fingerprint density at radius 2 is 1.88 bits per heavy atom. The van der Waals surface area contributed by atoms with Gasteiger partial charge in [0.05, 0.1) is 0 Å². The molecule has 0 fully saturated rings. The van der Waals surface area contributed by atoms with Crippen molar-refractivity contribution in [2.45, 2.75) is 26.8 Å². The number of carbonyl (C=O) groups excluding carboxylic acids is 1. The lowest BCUT2D eigenvalue weighted by Crippen LogP contribution is -2.21. The molecule has 0 spiro atoms. The Balaban J connectivity index is 1.68. The molecule has 0 aliphatic heterocycles. The fourth-order valence-corrected chi connectivity index (χ4v) is 2.40. The first-order valence-electron chi connectivity index (χ1n) is 7.88. The second-order valence-electron chi connectivity index (χ2n) is 5.57. The van der Waals surface area contributed by atoms with Gasteiger partial charge in [0.1, 0.15) is 6.54 Å². The molecule has 6 heteroatoms. The lowest BCUT2D eigenvalue weighted by molar-refractivity contribution is -0.117. The Labute approximate surface area is 140 Å². The van der Waals surface area contributed by atoms with Crippen LogP contribution in [0.4, 0.5) is 5.69 Å². The lowest BCUT2D eigenvalue weighted by atomic mass is 10.1. The van der Waals surface area contributed by atoms with Crippen molar-refractivity contribution in [1.82, 2.24) is 20.2 Å². The van der Waals surface area contributed by atoms with Crippen molar-refractivity contribution < 1.29 is 4.79 Å². The minimum absolute atomic E-state index is 0.0247. The molecule has 0 bridgehead atoms. The standard InChI is InChI=1S/C18H19N5O/c1-3-14-6-4-5-7-16(14)19-17(24)12-23-21-18(20-22-23)15-10-8-13(2)9-11-15/h4-11H,3,12H2,1-2H3,(H,19,24). The normalized spacial score (nSPS) is 10.6. The van der Waals surface area contributed by atoms with E-state index in [0.29, 0.717) is 5.82 Å². The molecule has 3 rings (SSSR count). The molecule has 24 heavy (non-hydrogen) atoms. The number of para-hydroxylation sites is 1. The molecule has 1 N–H and O–H groups in total. The lowest BCUT2D eigenvalue weighted by Gasteiger charge is -2.08. The highest BCUT2D eigenvalue weighted by Gasteiger charge is 2.10. The van der Waals surface area contributed by atoms with Gasteiger partial charge in [0.25, 0.3) is 0 Å². The fourth-order valence-electron chi connectivity index (χ4n) is 2.40. The van der Waals surface area contributed by atoms with E-state index < -0.39 is 0 Å². The van der Waals surface area contributed by atoms with Gasteiger partial charge < -0.3 is 5.32 Å². The average Bonchev–Trinajstić information content (AvgIpc) is 3.04. The van der Waals surface area contributed by atoms with E-state index in [2.05, 4.69) is 27.7 Å². The van der Waals surface area contributed by atoms with Crippen LogP contribution >= 0.6 is 0 Å². The molecule has 6 nitrogen and oxygen atoms in total. The van der Waals surface area contributed by atoms with Crippen LogP contribution in [-0.2, 0) is 17.8 Å². The molecule has 0 atom stereocenters. The molecular weight excluding hydrogens is 302 g/mol. The summed E-state index contributed by atoms with van der Waals surface area (Å²) in [5.74, 6) is 0.334. The van der Waals surface area contributed by atoms with Crippen LogP contribution in [0.5, 0.6) is 0 Å². The van der Waals surface area contributed by atoms with Gasteiger partial charge >= 0.3 is 0 Å². The maximum Gasteiger partial charge on any atom is 0.248 e. The highest BCUT2D eigenvalue weighted by atomic mass is 16.2. The zero-order valence-electron chi connectivity index (χ0n) is 13.7. The SMILES string of the molecule is CCc1ccccc1NC(=O)Cn1nnc(-c2ccc(C)cc2)n1. The number of aromatic nitrogens is 4. The number of hydrogen-bond donors (Lipinski definition) is 1. The molecule has 0 aliphatic rings. The first-order valence-corrected chi connectivity index (χ1v) is 7.88. The summed E-state index contributed by atoms with van der Waals surface area (Å²) in [6.45, 7) is 4.10. The Bertz CT molecular complexity index is 839. The zero-order chi connectivity index (χ0) is 16.9. The summed E-state index contributed by atoms with van der Waals surface area (Å²) >= 11 is 0. The number of tetrazole rings is 1. The quantitative estimate of drug-likeness (QED) is 0.784. The first kappa shape index (κ1) is 15.9. The van der Waals surface area contributed by atoms with Crippen molar-refractivity contribution in [3.63, 3.8) is 0 Å². The summed E-state index contributed by atoms with van der Waals surface area (Å²) in [7, 11) is 0. The number of anilines is 1. The number of hydrogen-bond acceptors (Lipinski definition) is 4. The summed E-state index contributed by atoms with van der Waals surface area (Å²) in [5.41, 5.74) is 3.96. The van der Waals surface area contributed by atoms with Crippen molar-refractivity contribution in [1.29, 1.82) is 0 Å². The molecule has 1 amide bonds. The number of nitrogens with zero attached hydrogens (tertiary/aromatic N) is 4. The van der Waals surface area contributed by atoms with Gasteiger partial charge in [-0.3, -0.25) is 4.79 Å². The topological polar surface area (TPSA) is 72.7 Å². The van der Waals surface area contributed by atoms with E-state index in [1.54, 1.807) is 0 Å². The summed E-state index contributed by atoms with van der Waals surface area (Å²) in [4.78, 5) is 13.5. The highest BCUT2D eigenvalue weighted by molar-refractivity contribution is 5.91. The number of rotatable bonds is 5. The van der Waals surface area contributed by atoms with Crippen LogP contribution in [0.25, 0.3) is 11.4 Å². The van der Waals surface area contributed by atoms with Crippen LogP contribution < -0.4 is 5.32 Å². The van der Waals surface area contributed by atoms with Gasteiger partial charge in [0.2, 0.25) is 11.7 Å². The van der Waals surface area contributed by atoms with Crippen molar-refractivity contribution in [3.05, 3.63) is 59.7 Å². The van der Waals surface area contributed by atoms with E-state index in [-0.39, 0.29) is 12.5 Å². The van der Waals surface area contributed by atoms with Gasteiger partial charge in [-0.2, -0.15) is 4.80 Å². The van der Waals surface area contributed by atoms with Crippen LogP contribution in [0.2, 0.25) is 0 Å². The molecular formula is C18H19N5O. The van der Waals surface area contributed by atoms with Crippen molar-refractivity contribution in [2.75, 3.05) is 5.32 Å². The first-order chi connectivity index (χ1) is 11.7. The Kier molecular flexibility index (Phi) is 4.65. The van der Waals surface area contributed by atoms with Crippen molar-refractivity contribution >= 4 is 11.6 Å². The van der Waals surface area contributed by atoms with Crippen LogP contribution in [-0.4, -0.2) is 26.1 Å². The predicted octanol–water partition coefficient (Wildman–Crippen LogP) is 2.85. The molecule has 1 aromatic heterocycles. The van der Waals surface area contributed by atoms with E-state index in [0.717, 1.165) is 23.2 Å². The predicted molar refractivity (Wildman–Crippen MR) is 92.4 cm³/mol.